The van der Waals surface area contributed by atoms with E-state index in [2.05, 4.69) is 37.9 Å². The van der Waals surface area contributed by atoms with Crippen molar-refractivity contribution in [1.82, 2.24) is 10.2 Å². The molecule has 0 bridgehead atoms. The number of carboxylic acids is 1. The van der Waals surface area contributed by atoms with Gasteiger partial charge in [-0.1, -0.05) is 13.8 Å². The molecule has 0 aromatic rings. The molecule has 2 N–H and O–H groups in total. The van der Waals surface area contributed by atoms with Gasteiger partial charge in [0.2, 0.25) is 0 Å². The van der Waals surface area contributed by atoms with E-state index in [-0.39, 0.29) is 0 Å². The van der Waals surface area contributed by atoms with Gasteiger partial charge in [0.1, 0.15) is 5.54 Å². The number of nitrogens with zero attached hydrogens (tertiary/aromatic N) is 1. The second-order valence-electron chi connectivity index (χ2n) is 5.79. The number of carboxylic acid groups (broad SMARTS) is 1. The second kappa shape index (κ2) is 5.83. The molecule has 4 heteroatoms. The van der Waals surface area contributed by atoms with Gasteiger partial charge in [-0.2, -0.15) is 0 Å². The lowest BCUT2D eigenvalue weighted by Gasteiger charge is -2.41. The third kappa shape index (κ3) is 3.68. The van der Waals surface area contributed by atoms with Crippen LogP contribution in [-0.2, 0) is 4.79 Å². The molecule has 4 nitrogen and oxygen atoms in total. The molecule has 0 aliphatic carbocycles. The standard InChI is InChI=1S/C13H26N2O2/c1-10(2)9-14-13(12(16)17)5-7-15(8-6-13)11(3)4/h10-11,14H,5-9H2,1-4H3,(H,16,17). The van der Waals surface area contributed by atoms with E-state index >= 15 is 0 Å². The molecule has 0 unspecified atom stereocenters. The van der Waals surface area contributed by atoms with Gasteiger partial charge in [-0.25, -0.2) is 0 Å². The first kappa shape index (κ1) is 14.5. The SMILES string of the molecule is CC(C)CNC1(C(=O)O)CCN(C(C)C)CC1. The summed E-state index contributed by atoms with van der Waals surface area (Å²) in [4.78, 5) is 13.8. The van der Waals surface area contributed by atoms with Gasteiger partial charge >= 0.3 is 5.97 Å². The lowest BCUT2D eigenvalue weighted by molar-refractivity contribution is -0.147. The highest BCUT2D eigenvalue weighted by atomic mass is 16.4. The molecule has 100 valence electrons. The van der Waals surface area contributed by atoms with Gasteiger partial charge in [0.25, 0.3) is 0 Å². The van der Waals surface area contributed by atoms with Crippen LogP contribution in [0.25, 0.3) is 0 Å². The molecular weight excluding hydrogens is 216 g/mol. The quantitative estimate of drug-likeness (QED) is 0.768. The zero-order valence-electron chi connectivity index (χ0n) is 11.5. The van der Waals surface area contributed by atoms with Crippen molar-refractivity contribution < 1.29 is 9.90 Å². The Labute approximate surface area is 104 Å². The van der Waals surface area contributed by atoms with Gasteiger partial charge in [-0.3, -0.25) is 4.79 Å². The zero-order valence-corrected chi connectivity index (χ0v) is 11.5. The van der Waals surface area contributed by atoms with E-state index < -0.39 is 11.5 Å². The van der Waals surface area contributed by atoms with E-state index in [4.69, 9.17) is 0 Å². The van der Waals surface area contributed by atoms with Crippen molar-refractivity contribution in [2.45, 2.75) is 52.1 Å². The zero-order chi connectivity index (χ0) is 13.1. The van der Waals surface area contributed by atoms with E-state index in [0.29, 0.717) is 24.8 Å². The summed E-state index contributed by atoms with van der Waals surface area (Å²) in [5, 5.41) is 12.7. The molecule has 0 amide bonds. The molecular formula is C13H26N2O2. The second-order valence-corrected chi connectivity index (χ2v) is 5.79. The number of hydrogen-bond donors (Lipinski definition) is 2. The summed E-state index contributed by atoms with van der Waals surface area (Å²) >= 11 is 0. The maximum atomic E-state index is 11.5. The molecule has 1 heterocycles. The summed E-state index contributed by atoms with van der Waals surface area (Å²) in [6.45, 7) is 11.0. The van der Waals surface area contributed by atoms with Crippen molar-refractivity contribution in [2.24, 2.45) is 5.92 Å². The van der Waals surface area contributed by atoms with E-state index in [1.807, 2.05) is 0 Å². The fraction of sp³-hybridized carbons (Fsp3) is 0.923. The first-order chi connectivity index (χ1) is 7.87. The fourth-order valence-corrected chi connectivity index (χ4v) is 2.29. The minimum atomic E-state index is -0.699. The van der Waals surface area contributed by atoms with E-state index in [9.17, 15) is 9.90 Å². The molecule has 1 fully saturated rings. The monoisotopic (exact) mass is 242 g/mol. The number of hydrogen-bond acceptors (Lipinski definition) is 3. The van der Waals surface area contributed by atoms with Gasteiger partial charge < -0.3 is 15.3 Å². The van der Waals surface area contributed by atoms with Crippen molar-refractivity contribution in [3.8, 4) is 0 Å². The van der Waals surface area contributed by atoms with Crippen molar-refractivity contribution in [3.63, 3.8) is 0 Å². The molecule has 0 spiro atoms. The van der Waals surface area contributed by atoms with Gasteiger partial charge in [0.15, 0.2) is 0 Å². The molecule has 1 saturated heterocycles. The van der Waals surface area contributed by atoms with Crippen molar-refractivity contribution >= 4 is 5.97 Å². The Morgan fingerprint density at radius 1 is 1.29 bits per heavy atom. The first-order valence-electron chi connectivity index (χ1n) is 6.60. The molecule has 1 aliphatic rings. The van der Waals surface area contributed by atoms with E-state index in [0.717, 1.165) is 19.6 Å². The average molecular weight is 242 g/mol. The minimum Gasteiger partial charge on any atom is -0.480 e. The summed E-state index contributed by atoms with van der Waals surface area (Å²) in [5.74, 6) is -0.212. The van der Waals surface area contributed by atoms with Crippen LogP contribution < -0.4 is 5.32 Å². The number of carbonyl (C=O) groups is 1. The van der Waals surface area contributed by atoms with Crippen LogP contribution in [0.3, 0.4) is 0 Å². The third-order valence-electron chi connectivity index (χ3n) is 3.64. The topological polar surface area (TPSA) is 52.6 Å². The molecule has 0 radical (unpaired) electrons. The van der Waals surface area contributed by atoms with Crippen LogP contribution in [0.2, 0.25) is 0 Å². The van der Waals surface area contributed by atoms with Crippen LogP contribution in [0.4, 0.5) is 0 Å². The molecule has 0 aromatic heterocycles. The summed E-state index contributed by atoms with van der Waals surface area (Å²) in [7, 11) is 0. The average Bonchev–Trinajstić information content (AvgIpc) is 2.26. The molecule has 17 heavy (non-hydrogen) atoms. The number of likely N-dealkylation sites (tertiary alicyclic amines) is 1. The number of rotatable bonds is 5. The van der Waals surface area contributed by atoms with Crippen molar-refractivity contribution in [2.75, 3.05) is 19.6 Å². The molecule has 1 aliphatic heterocycles. The Morgan fingerprint density at radius 2 is 1.82 bits per heavy atom. The van der Waals surface area contributed by atoms with Crippen molar-refractivity contribution in [3.05, 3.63) is 0 Å². The highest BCUT2D eigenvalue weighted by molar-refractivity contribution is 5.79. The molecule has 0 aromatic carbocycles. The van der Waals surface area contributed by atoms with Crippen molar-refractivity contribution in [1.29, 1.82) is 0 Å². The van der Waals surface area contributed by atoms with Gasteiger partial charge in [-0.05, 0) is 39.2 Å². The Morgan fingerprint density at radius 3 is 2.18 bits per heavy atom. The lowest BCUT2D eigenvalue weighted by atomic mass is 9.86. The van der Waals surface area contributed by atoms with E-state index in [1.54, 1.807) is 0 Å². The van der Waals surface area contributed by atoms with Crippen LogP contribution in [0.15, 0.2) is 0 Å². The number of piperidine rings is 1. The number of nitrogens with one attached hydrogen (secondary N) is 1. The maximum Gasteiger partial charge on any atom is 0.323 e. The maximum absolute atomic E-state index is 11.5. The summed E-state index contributed by atoms with van der Waals surface area (Å²) in [6.07, 6.45) is 1.40. The third-order valence-corrected chi connectivity index (χ3v) is 3.64. The highest BCUT2D eigenvalue weighted by Crippen LogP contribution is 2.24. The number of aliphatic carboxylic acids is 1. The minimum absolute atomic E-state index is 0.481. The van der Waals surface area contributed by atoms with Gasteiger partial charge in [-0.15, -0.1) is 0 Å². The Bertz CT molecular complexity index is 256. The predicted octanol–water partition coefficient (Wildman–Crippen LogP) is 1.56. The molecule has 0 saturated carbocycles. The van der Waals surface area contributed by atoms with E-state index in [1.165, 1.54) is 0 Å². The van der Waals surface area contributed by atoms with Crippen LogP contribution in [-0.4, -0.2) is 47.2 Å². The normalized spacial score (nSPS) is 21.1. The Hall–Kier alpha value is -0.610. The summed E-state index contributed by atoms with van der Waals surface area (Å²) in [6, 6.07) is 0.506. The van der Waals surface area contributed by atoms with Crippen LogP contribution in [0, 0.1) is 5.92 Å². The Balaban J connectivity index is 2.60. The van der Waals surface area contributed by atoms with Crippen LogP contribution in [0.1, 0.15) is 40.5 Å². The lowest BCUT2D eigenvalue weighted by Crippen LogP contribution is -2.59. The van der Waals surface area contributed by atoms with Gasteiger partial charge in [0, 0.05) is 19.1 Å². The first-order valence-corrected chi connectivity index (χ1v) is 6.60. The smallest absolute Gasteiger partial charge is 0.323 e. The highest BCUT2D eigenvalue weighted by Gasteiger charge is 2.41. The van der Waals surface area contributed by atoms with Crippen LogP contribution >= 0.6 is 0 Å². The predicted molar refractivity (Wildman–Crippen MR) is 69.2 cm³/mol. The Kier molecular flexibility index (Phi) is 4.95. The summed E-state index contributed by atoms with van der Waals surface area (Å²) < 4.78 is 0. The molecule has 1 rings (SSSR count). The molecule has 0 atom stereocenters. The van der Waals surface area contributed by atoms with Crippen LogP contribution in [0.5, 0.6) is 0 Å². The largest absolute Gasteiger partial charge is 0.480 e. The summed E-state index contributed by atoms with van der Waals surface area (Å²) in [5.41, 5.74) is -0.699. The van der Waals surface area contributed by atoms with Gasteiger partial charge in [0.05, 0.1) is 0 Å². The fourth-order valence-electron chi connectivity index (χ4n) is 2.29.